The molecule has 1 aromatic rings. The molecule has 0 aliphatic rings. The number of carbonyl (C=O) groups is 1. The fourth-order valence-corrected chi connectivity index (χ4v) is 1.48. The summed E-state index contributed by atoms with van der Waals surface area (Å²) in [5, 5.41) is 9.79. The number of amides is 1. The molecular formula is C14H20FNO4. The maximum Gasteiger partial charge on any atom is 0.431 e. The largest absolute Gasteiger partial charge is 0.442 e. The first-order chi connectivity index (χ1) is 9.29. The zero-order chi connectivity index (χ0) is 15.2. The highest BCUT2D eigenvalue weighted by Crippen LogP contribution is 2.19. The van der Waals surface area contributed by atoms with Crippen LogP contribution in [0.25, 0.3) is 0 Å². The second kappa shape index (κ2) is 7.21. The standard InChI is InChI=1S/C14H20FNO4/c1-14(2,3)20-13(18)16-19-9-8-12(17)10-6-4-5-7-11(10)15/h4-7,12,17H,8-9H2,1-3H3,(H,16,18). The van der Waals surface area contributed by atoms with Crippen molar-refractivity contribution in [1.82, 2.24) is 5.48 Å². The molecule has 1 aromatic carbocycles. The number of nitrogens with one attached hydrogen (secondary N) is 1. The van der Waals surface area contributed by atoms with Crippen LogP contribution in [0.5, 0.6) is 0 Å². The summed E-state index contributed by atoms with van der Waals surface area (Å²) in [4.78, 5) is 16.1. The van der Waals surface area contributed by atoms with E-state index < -0.39 is 23.6 Å². The molecule has 1 amide bonds. The van der Waals surface area contributed by atoms with Crippen molar-refractivity contribution in [2.75, 3.05) is 6.61 Å². The lowest BCUT2D eigenvalue weighted by atomic mass is 10.1. The van der Waals surface area contributed by atoms with Gasteiger partial charge in [0, 0.05) is 12.0 Å². The van der Waals surface area contributed by atoms with Gasteiger partial charge in [-0.3, -0.25) is 4.84 Å². The summed E-state index contributed by atoms with van der Waals surface area (Å²) in [6.45, 7) is 5.23. The molecule has 2 N–H and O–H groups in total. The van der Waals surface area contributed by atoms with Crippen LogP contribution in [0, 0.1) is 5.82 Å². The highest BCUT2D eigenvalue weighted by molar-refractivity contribution is 5.66. The molecule has 112 valence electrons. The van der Waals surface area contributed by atoms with Gasteiger partial charge in [0.25, 0.3) is 0 Å². The summed E-state index contributed by atoms with van der Waals surface area (Å²) in [7, 11) is 0. The van der Waals surface area contributed by atoms with E-state index in [1.165, 1.54) is 12.1 Å². The fraction of sp³-hybridized carbons (Fsp3) is 0.500. The average molecular weight is 285 g/mol. The number of hydrogen-bond acceptors (Lipinski definition) is 4. The van der Waals surface area contributed by atoms with Gasteiger partial charge >= 0.3 is 6.09 Å². The van der Waals surface area contributed by atoms with E-state index >= 15 is 0 Å². The van der Waals surface area contributed by atoms with Crippen molar-refractivity contribution in [3.8, 4) is 0 Å². The summed E-state index contributed by atoms with van der Waals surface area (Å²) in [5.41, 5.74) is 1.69. The van der Waals surface area contributed by atoms with E-state index in [0.717, 1.165) is 0 Å². The molecule has 1 unspecified atom stereocenters. The van der Waals surface area contributed by atoms with Crippen LogP contribution in [0.1, 0.15) is 38.9 Å². The van der Waals surface area contributed by atoms with Gasteiger partial charge in [-0.2, -0.15) is 5.48 Å². The number of benzene rings is 1. The molecule has 0 heterocycles. The lowest BCUT2D eigenvalue weighted by Crippen LogP contribution is -2.32. The Morgan fingerprint density at radius 1 is 1.40 bits per heavy atom. The maximum atomic E-state index is 13.4. The van der Waals surface area contributed by atoms with Crippen molar-refractivity contribution in [3.63, 3.8) is 0 Å². The van der Waals surface area contributed by atoms with Gasteiger partial charge in [-0.25, -0.2) is 9.18 Å². The normalized spacial score (nSPS) is 12.8. The van der Waals surface area contributed by atoms with Crippen LogP contribution in [0.2, 0.25) is 0 Å². The predicted molar refractivity (Wildman–Crippen MR) is 71.3 cm³/mol. The SMILES string of the molecule is CC(C)(C)OC(=O)NOCCC(O)c1ccccc1F. The zero-order valence-corrected chi connectivity index (χ0v) is 11.9. The number of aliphatic hydroxyl groups is 1. The van der Waals surface area contributed by atoms with Crippen LogP contribution in [0.4, 0.5) is 9.18 Å². The summed E-state index contributed by atoms with van der Waals surface area (Å²) in [5.74, 6) is -0.472. The van der Waals surface area contributed by atoms with E-state index in [-0.39, 0.29) is 18.6 Å². The average Bonchev–Trinajstić information content (AvgIpc) is 2.33. The highest BCUT2D eigenvalue weighted by Gasteiger charge is 2.16. The molecule has 0 bridgehead atoms. The van der Waals surface area contributed by atoms with E-state index in [9.17, 15) is 14.3 Å². The monoisotopic (exact) mass is 285 g/mol. The predicted octanol–water partition coefficient (Wildman–Crippen LogP) is 2.71. The van der Waals surface area contributed by atoms with Crippen molar-refractivity contribution in [2.45, 2.75) is 38.9 Å². The number of aliphatic hydroxyl groups excluding tert-OH is 1. The Kier molecular flexibility index (Phi) is 5.91. The van der Waals surface area contributed by atoms with Gasteiger partial charge in [0.1, 0.15) is 11.4 Å². The lowest BCUT2D eigenvalue weighted by Gasteiger charge is -2.19. The smallest absolute Gasteiger partial charge is 0.431 e. The molecule has 0 aromatic heterocycles. The first kappa shape index (κ1) is 16.4. The van der Waals surface area contributed by atoms with Crippen molar-refractivity contribution < 1.29 is 23.9 Å². The number of halogens is 1. The van der Waals surface area contributed by atoms with Crippen molar-refractivity contribution in [1.29, 1.82) is 0 Å². The van der Waals surface area contributed by atoms with Crippen molar-refractivity contribution >= 4 is 6.09 Å². The van der Waals surface area contributed by atoms with E-state index in [4.69, 9.17) is 9.57 Å². The van der Waals surface area contributed by atoms with Crippen LogP contribution in [-0.4, -0.2) is 23.4 Å². The summed E-state index contributed by atoms with van der Waals surface area (Å²) < 4.78 is 18.3. The minimum absolute atomic E-state index is 0.0365. The second-order valence-electron chi connectivity index (χ2n) is 5.28. The van der Waals surface area contributed by atoms with Crippen LogP contribution in [-0.2, 0) is 9.57 Å². The third-order valence-electron chi connectivity index (χ3n) is 2.31. The van der Waals surface area contributed by atoms with Gasteiger partial charge < -0.3 is 9.84 Å². The van der Waals surface area contributed by atoms with Gasteiger partial charge in [-0.15, -0.1) is 0 Å². The second-order valence-corrected chi connectivity index (χ2v) is 5.28. The first-order valence-electron chi connectivity index (χ1n) is 6.33. The topological polar surface area (TPSA) is 67.8 Å². The maximum absolute atomic E-state index is 13.4. The molecule has 0 spiro atoms. The fourth-order valence-electron chi connectivity index (χ4n) is 1.48. The van der Waals surface area contributed by atoms with E-state index in [2.05, 4.69) is 5.48 Å². The molecule has 0 saturated heterocycles. The van der Waals surface area contributed by atoms with Gasteiger partial charge in [0.2, 0.25) is 0 Å². The van der Waals surface area contributed by atoms with Gasteiger partial charge in [0.15, 0.2) is 0 Å². The van der Waals surface area contributed by atoms with Crippen LogP contribution >= 0.6 is 0 Å². The molecule has 0 aliphatic heterocycles. The number of hydrogen-bond donors (Lipinski definition) is 2. The lowest BCUT2D eigenvalue weighted by molar-refractivity contribution is -0.0164. The van der Waals surface area contributed by atoms with Crippen LogP contribution in [0.15, 0.2) is 24.3 Å². The summed E-state index contributed by atoms with van der Waals surface area (Å²) >= 11 is 0. The molecule has 0 aliphatic carbocycles. The van der Waals surface area contributed by atoms with E-state index in [1.54, 1.807) is 32.9 Å². The van der Waals surface area contributed by atoms with Crippen molar-refractivity contribution in [2.24, 2.45) is 0 Å². The molecule has 1 rings (SSSR count). The quantitative estimate of drug-likeness (QED) is 0.644. The van der Waals surface area contributed by atoms with E-state index in [1.807, 2.05) is 0 Å². The summed E-state index contributed by atoms with van der Waals surface area (Å²) in [6, 6.07) is 5.97. The molecule has 0 fully saturated rings. The van der Waals surface area contributed by atoms with Gasteiger partial charge in [0.05, 0.1) is 12.7 Å². The number of carbonyl (C=O) groups excluding carboxylic acids is 1. The minimum Gasteiger partial charge on any atom is -0.442 e. The number of ether oxygens (including phenoxy) is 1. The highest BCUT2D eigenvalue weighted by atomic mass is 19.1. The number of hydroxylamine groups is 1. The van der Waals surface area contributed by atoms with Gasteiger partial charge in [-0.05, 0) is 26.8 Å². The van der Waals surface area contributed by atoms with Crippen molar-refractivity contribution in [3.05, 3.63) is 35.6 Å². The molecule has 0 radical (unpaired) electrons. The Morgan fingerprint density at radius 2 is 2.05 bits per heavy atom. The Balaban J connectivity index is 2.28. The third-order valence-corrected chi connectivity index (χ3v) is 2.31. The Labute approximate surface area is 117 Å². The zero-order valence-electron chi connectivity index (χ0n) is 11.9. The first-order valence-corrected chi connectivity index (χ1v) is 6.33. The Morgan fingerprint density at radius 3 is 2.65 bits per heavy atom. The van der Waals surface area contributed by atoms with E-state index in [0.29, 0.717) is 0 Å². The molecule has 0 saturated carbocycles. The molecule has 20 heavy (non-hydrogen) atoms. The van der Waals surface area contributed by atoms with Gasteiger partial charge in [-0.1, -0.05) is 18.2 Å². The summed E-state index contributed by atoms with van der Waals surface area (Å²) in [6.07, 6.45) is -1.55. The molecule has 5 nitrogen and oxygen atoms in total. The Hall–Kier alpha value is -1.66. The Bertz CT molecular complexity index is 445. The minimum atomic E-state index is -0.989. The molecule has 6 heteroatoms. The molecule has 1 atom stereocenters. The van der Waals surface area contributed by atoms with Crippen LogP contribution < -0.4 is 5.48 Å². The van der Waals surface area contributed by atoms with Crippen LogP contribution in [0.3, 0.4) is 0 Å². The molecular weight excluding hydrogens is 265 g/mol. The number of rotatable bonds is 5. The third kappa shape index (κ3) is 5.99.